The zero-order valence-electron chi connectivity index (χ0n) is 12.9. The van der Waals surface area contributed by atoms with Crippen LogP contribution < -0.4 is 5.32 Å². The van der Waals surface area contributed by atoms with Crippen molar-refractivity contribution in [1.82, 2.24) is 10.2 Å². The van der Waals surface area contributed by atoms with Crippen LogP contribution in [0.1, 0.15) is 60.5 Å². The van der Waals surface area contributed by atoms with Crippen molar-refractivity contribution < 1.29 is 14.4 Å². The number of hydrogen-bond acceptors (Lipinski definition) is 3. The maximum atomic E-state index is 12.8. The largest absolute Gasteiger partial charge is 0.322 e. The number of nitrogens with one attached hydrogen (secondary N) is 1. The smallest absolute Gasteiger partial charge is 0.255 e. The van der Waals surface area contributed by atoms with Crippen LogP contribution in [0.2, 0.25) is 0 Å². The number of imide groups is 1. The van der Waals surface area contributed by atoms with Gasteiger partial charge in [-0.1, -0.05) is 32.0 Å². The second-order valence-electron chi connectivity index (χ2n) is 6.09. The van der Waals surface area contributed by atoms with E-state index >= 15 is 0 Å². The molecule has 1 saturated heterocycles. The summed E-state index contributed by atoms with van der Waals surface area (Å²) >= 11 is 0. The average Bonchev–Trinajstić information content (AvgIpc) is 2.84. The molecule has 0 aliphatic carbocycles. The normalized spacial score (nSPS) is 22.5. The van der Waals surface area contributed by atoms with Crippen LogP contribution in [-0.4, -0.2) is 28.7 Å². The lowest BCUT2D eigenvalue weighted by Gasteiger charge is -2.29. The molecular formula is C17H20N2O3. The minimum absolute atomic E-state index is 0.0830. The molecule has 2 aliphatic heterocycles. The summed E-state index contributed by atoms with van der Waals surface area (Å²) in [6, 6.07) is 5.38. The zero-order valence-corrected chi connectivity index (χ0v) is 12.9. The van der Waals surface area contributed by atoms with Gasteiger partial charge in [0, 0.05) is 18.5 Å². The molecule has 0 radical (unpaired) electrons. The highest BCUT2D eigenvalue weighted by Crippen LogP contribution is 2.33. The van der Waals surface area contributed by atoms with Gasteiger partial charge in [-0.2, -0.15) is 0 Å². The maximum Gasteiger partial charge on any atom is 0.255 e. The average molecular weight is 300 g/mol. The molecule has 5 nitrogen and oxygen atoms in total. The van der Waals surface area contributed by atoms with Gasteiger partial charge in [0.25, 0.3) is 5.91 Å². The molecule has 0 spiro atoms. The standard InChI is InChI=1S/C17H20N2O3/c1-3-10(2)12-6-4-5-11-9-19(17(22)15(11)12)13-7-8-14(20)18-16(13)21/h4-6,10,13H,3,7-9H2,1-2H3,(H,18,20,21). The Kier molecular flexibility index (Phi) is 3.72. The molecule has 5 heteroatoms. The van der Waals surface area contributed by atoms with E-state index in [1.807, 2.05) is 18.2 Å². The molecule has 0 saturated carbocycles. The van der Waals surface area contributed by atoms with Gasteiger partial charge in [0.2, 0.25) is 11.8 Å². The van der Waals surface area contributed by atoms with Crippen LogP contribution in [0, 0.1) is 0 Å². The lowest BCUT2D eigenvalue weighted by atomic mass is 9.91. The highest BCUT2D eigenvalue weighted by atomic mass is 16.2. The van der Waals surface area contributed by atoms with E-state index in [-0.39, 0.29) is 24.1 Å². The molecule has 2 unspecified atom stereocenters. The van der Waals surface area contributed by atoms with E-state index in [1.165, 1.54) is 0 Å². The van der Waals surface area contributed by atoms with Crippen LogP contribution >= 0.6 is 0 Å². The summed E-state index contributed by atoms with van der Waals surface area (Å²) in [6.07, 6.45) is 1.65. The van der Waals surface area contributed by atoms with Crippen LogP contribution in [0.4, 0.5) is 0 Å². The zero-order chi connectivity index (χ0) is 15.9. The van der Waals surface area contributed by atoms with E-state index in [1.54, 1.807) is 4.90 Å². The highest BCUT2D eigenvalue weighted by molar-refractivity contribution is 6.06. The number of hydrogen-bond donors (Lipinski definition) is 1. The molecule has 2 heterocycles. The lowest BCUT2D eigenvalue weighted by Crippen LogP contribution is -2.52. The van der Waals surface area contributed by atoms with Crippen molar-refractivity contribution in [1.29, 1.82) is 0 Å². The second-order valence-corrected chi connectivity index (χ2v) is 6.09. The van der Waals surface area contributed by atoms with Gasteiger partial charge in [0.05, 0.1) is 0 Å². The van der Waals surface area contributed by atoms with Crippen molar-refractivity contribution in [2.75, 3.05) is 0 Å². The number of amides is 3. The summed E-state index contributed by atoms with van der Waals surface area (Å²) in [5, 5.41) is 2.33. The molecule has 3 rings (SSSR count). The van der Waals surface area contributed by atoms with Crippen LogP contribution in [-0.2, 0) is 16.1 Å². The Bertz CT molecular complexity index is 653. The molecule has 116 valence electrons. The number of fused-ring (bicyclic) bond motifs is 1. The van der Waals surface area contributed by atoms with Gasteiger partial charge in [-0.15, -0.1) is 0 Å². The molecule has 22 heavy (non-hydrogen) atoms. The topological polar surface area (TPSA) is 66.5 Å². The first-order valence-electron chi connectivity index (χ1n) is 7.79. The quantitative estimate of drug-likeness (QED) is 0.868. The van der Waals surface area contributed by atoms with Crippen molar-refractivity contribution in [3.8, 4) is 0 Å². The fourth-order valence-electron chi connectivity index (χ4n) is 3.27. The van der Waals surface area contributed by atoms with Crippen LogP contribution in [0.15, 0.2) is 18.2 Å². The first-order chi connectivity index (χ1) is 10.5. The van der Waals surface area contributed by atoms with Crippen LogP contribution in [0.3, 0.4) is 0 Å². The second kappa shape index (κ2) is 5.55. The Morgan fingerprint density at radius 1 is 1.32 bits per heavy atom. The molecule has 1 aromatic carbocycles. The Balaban J connectivity index is 1.92. The number of rotatable bonds is 3. The third-order valence-electron chi connectivity index (χ3n) is 4.73. The Hall–Kier alpha value is -2.17. The molecule has 1 N–H and O–H groups in total. The third kappa shape index (κ3) is 2.30. The van der Waals surface area contributed by atoms with Crippen molar-refractivity contribution in [3.63, 3.8) is 0 Å². The van der Waals surface area contributed by atoms with E-state index in [9.17, 15) is 14.4 Å². The number of carbonyl (C=O) groups is 3. The lowest BCUT2D eigenvalue weighted by molar-refractivity contribution is -0.136. The number of piperidine rings is 1. The molecule has 0 aromatic heterocycles. The molecule has 1 aromatic rings. The van der Waals surface area contributed by atoms with Gasteiger partial charge in [-0.05, 0) is 29.9 Å². The Labute approximate surface area is 129 Å². The van der Waals surface area contributed by atoms with Gasteiger partial charge < -0.3 is 4.90 Å². The fraction of sp³-hybridized carbons (Fsp3) is 0.471. The predicted octanol–water partition coefficient (Wildman–Crippen LogP) is 1.96. The fourth-order valence-corrected chi connectivity index (χ4v) is 3.27. The SMILES string of the molecule is CCC(C)c1cccc2c1C(=O)N(C1CCC(=O)NC1=O)C2. The highest BCUT2D eigenvalue weighted by Gasteiger charge is 2.40. The van der Waals surface area contributed by atoms with Gasteiger partial charge in [-0.25, -0.2) is 0 Å². The van der Waals surface area contributed by atoms with E-state index in [2.05, 4.69) is 19.2 Å². The van der Waals surface area contributed by atoms with Gasteiger partial charge >= 0.3 is 0 Å². The monoisotopic (exact) mass is 300 g/mol. The Morgan fingerprint density at radius 2 is 2.09 bits per heavy atom. The summed E-state index contributed by atoms with van der Waals surface area (Å²) in [5.74, 6) is -0.394. The molecule has 2 atom stereocenters. The van der Waals surface area contributed by atoms with Gasteiger partial charge in [0.15, 0.2) is 0 Å². The van der Waals surface area contributed by atoms with Gasteiger partial charge in [-0.3, -0.25) is 19.7 Å². The first-order valence-corrected chi connectivity index (χ1v) is 7.79. The van der Waals surface area contributed by atoms with Gasteiger partial charge in [0.1, 0.15) is 6.04 Å². The molecule has 3 amide bonds. The molecule has 1 fully saturated rings. The van der Waals surface area contributed by atoms with Crippen molar-refractivity contribution in [3.05, 3.63) is 34.9 Å². The predicted molar refractivity (Wildman–Crippen MR) is 81.2 cm³/mol. The summed E-state index contributed by atoms with van der Waals surface area (Å²) in [6.45, 7) is 4.66. The third-order valence-corrected chi connectivity index (χ3v) is 4.73. The Morgan fingerprint density at radius 3 is 2.77 bits per heavy atom. The summed E-state index contributed by atoms with van der Waals surface area (Å²) in [5.41, 5.74) is 2.79. The van der Waals surface area contributed by atoms with E-state index in [0.29, 0.717) is 18.9 Å². The first kappa shape index (κ1) is 14.8. The van der Waals surface area contributed by atoms with Crippen molar-refractivity contribution in [2.45, 2.75) is 51.6 Å². The molecular weight excluding hydrogens is 280 g/mol. The number of benzene rings is 1. The van der Waals surface area contributed by atoms with E-state index in [0.717, 1.165) is 23.1 Å². The maximum absolute atomic E-state index is 12.8. The number of carbonyl (C=O) groups excluding carboxylic acids is 3. The van der Waals surface area contributed by atoms with E-state index < -0.39 is 6.04 Å². The molecule has 2 aliphatic rings. The number of nitrogens with zero attached hydrogens (tertiary/aromatic N) is 1. The van der Waals surface area contributed by atoms with E-state index in [4.69, 9.17) is 0 Å². The minimum atomic E-state index is -0.539. The summed E-state index contributed by atoms with van der Waals surface area (Å²) in [7, 11) is 0. The van der Waals surface area contributed by atoms with Crippen LogP contribution in [0.5, 0.6) is 0 Å². The van der Waals surface area contributed by atoms with Crippen LogP contribution in [0.25, 0.3) is 0 Å². The van der Waals surface area contributed by atoms with Crippen molar-refractivity contribution >= 4 is 17.7 Å². The molecule has 0 bridgehead atoms. The minimum Gasteiger partial charge on any atom is -0.322 e. The summed E-state index contributed by atoms with van der Waals surface area (Å²) in [4.78, 5) is 37.8. The summed E-state index contributed by atoms with van der Waals surface area (Å²) < 4.78 is 0. The van der Waals surface area contributed by atoms with Crippen molar-refractivity contribution in [2.24, 2.45) is 0 Å².